The summed E-state index contributed by atoms with van der Waals surface area (Å²) in [5, 5.41) is 4.24. The summed E-state index contributed by atoms with van der Waals surface area (Å²) in [5.74, 6) is 0.439. The number of hydrogen-bond acceptors (Lipinski definition) is 3. The lowest BCUT2D eigenvalue weighted by Crippen LogP contribution is -2.18. The summed E-state index contributed by atoms with van der Waals surface area (Å²) in [6, 6.07) is 11.8. The number of hydrazone groups is 1. The van der Waals surface area contributed by atoms with E-state index in [0.717, 1.165) is 5.56 Å². The summed E-state index contributed by atoms with van der Waals surface area (Å²) < 4.78 is 24.2. The summed E-state index contributed by atoms with van der Waals surface area (Å²) in [5.41, 5.74) is 2.00. The summed E-state index contributed by atoms with van der Waals surface area (Å²) in [4.78, 5) is 2.15. The molecule has 2 aromatic rings. The van der Waals surface area contributed by atoms with Crippen LogP contribution in [-0.2, 0) is 10.0 Å². The molecule has 122 valence electrons. The molecular weight excluding hydrogens is 355 g/mol. The lowest BCUT2D eigenvalue weighted by atomic mass is 10.0. The molecule has 2 aromatic carbocycles. The molecule has 0 unspecified atom stereocenters. The number of nitrogens with one attached hydrogen (secondary N) is 1. The maximum atomic E-state index is 12.1. The average Bonchev–Trinajstić information content (AvgIpc) is 2.50. The molecule has 0 spiro atoms. The van der Waals surface area contributed by atoms with Crippen LogP contribution < -0.4 is 4.83 Å². The Balaban J connectivity index is 2.10. The van der Waals surface area contributed by atoms with Crippen LogP contribution in [0.5, 0.6) is 0 Å². The molecule has 7 heteroatoms. The van der Waals surface area contributed by atoms with Gasteiger partial charge in [0.25, 0.3) is 10.0 Å². The normalized spacial score (nSPS) is 12.0. The Hall–Kier alpha value is -1.56. The van der Waals surface area contributed by atoms with Gasteiger partial charge in [-0.1, -0.05) is 61.3 Å². The molecule has 0 radical (unpaired) electrons. The van der Waals surface area contributed by atoms with E-state index in [9.17, 15) is 8.42 Å². The molecule has 0 amide bonds. The fourth-order valence-corrected chi connectivity index (χ4v) is 3.01. The van der Waals surface area contributed by atoms with Crippen LogP contribution in [0.15, 0.2) is 52.5 Å². The molecule has 0 aliphatic rings. The van der Waals surface area contributed by atoms with Crippen LogP contribution in [0.3, 0.4) is 0 Å². The van der Waals surface area contributed by atoms with Gasteiger partial charge in [-0.3, -0.25) is 0 Å². The zero-order chi connectivity index (χ0) is 17.0. The number of benzene rings is 2. The first-order valence-corrected chi connectivity index (χ1v) is 9.13. The SMILES string of the molecule is CC(C)c1ccc(/C=N/NS(=O)(=O)c2ccc(Cl)c(Cl)c2)cc1. The average molecular weight is 371 g/mol. The Kier molecular flexibility index (Phi) is 5.68. The van der Waals surface area contributed by atoms with Crippen molar-refractivity contribution in [2.75, 3.05) is 0 Å². The minimum Gasteiger partial charge on any atom is -0.200 e. The minimum absolute atomic E-state index is 0.000735. The lowest BCUT2D eigenvalue weighted by molar-refractivity contribution is 0.584. The van der Waals surface area contributed by atoms with Crippen molar-refractivity contribution < 1.29 is 8.42 Å². The van der Waals surface area contributed by atoms with Gasteiger partial charge in [0.2, 0.25) is 0 Å². The maximum absolute atomic E-state index is 12.1. The third kappa shape index (κ3) is 4.70. The molecule has 0 bridgehead atoms. The number of hydrogen-bond donors (Lipinski definition) is 1. The Labute approximate surface area is 146 Å². The van der Waals surface area contributed by atoms with E-state index in [2.05, 4.69) is 23.8 Å². The second-order valence-electron chi connectivity index (χ2n) is 5.25. The number of sulfonamides is 1. The van der Waals surface area contributed by atoms with Crippen molar-refractivity contribution >= 4 is 39.4 Å². The van der Waals surface area contributed by atoms with Gasteiger partial charge >= 0.3 is 0 Å². The predicted octanol–water partition coefficient (Wildman–Crippen LogP) is 4.43. The van der Waals surface area contributed by atoms with Crippen molar-refractivity contribution in [3.8, 4) is 0 Å². The van der Waals surface area contributed by atoms with Crippen LogP contribution in [-0.4, -0.2) is 14.6 Å². The fourth-order valence-electron chi connectivity index (χ4n) is 1.83. The van der Waals surface area contributed by atoms with Gasteiger partial charge in [-0.2, -0.15) is 13.5 Å². The van der Waals surface area contributed by atoms with Gasteiger partial charge in [0.05, 0.1) is 21.2 Å². The molecule has 1 N–H and O–H groups in total. The van der Waals surface area contributed by atoms with Crippen LogP contribution in [0.25, 0.3) is 0 Å². The largest absolute Gasteiger partial charge is 0.276 e. The van der Waals surface area contributed by atoms with Gasteiger partial charge in [-0.15, -0.1) is 0 Å². The summed E-state index contributed by atoms with van der Waals surface area (Å²) in [7, 11) is -3.78. The third-order valence-corrected chi connectivity index (χ3v) is 5.15. The van der Waals surface area contributed by atoms with Crippen molar-refractivity contribution in [1.29, 1.82) is 0 Å². The van der Waals surface area contributed by atoms with Gasteiger partial charge in [-0.25, -0.2) is 4.83 Å². The zero-order valence-corrected chi connectivity index (χ0v) is 15.0. The summed E-state index contributed by atoms with van der Waals surface area (Å²) in [6.07, 6.45) is 1.44. The smallest absolute Gasteiger partial charge is 0.200 e. The first-order chi connectivity index (χ1) is 10.8. The van der Waals surface area contributed by atoms with Crippen LogP contribution in [0, 0.1) is 0 Å². The highest BCUT2D eigenvalue weighted by Gasteiger charge is 2.14. The first kappa shape index (κ1) is 17.8. The van der Waals surface area contributed by atoms with Crippen LogP contribution >= 0.6 is 23.2 Å². The van der Waals surface area contributed by atoms with Gasteiger partial charge in [0.1, 0.15) is 0 Å². The van der Waals surface area contributed by atoms with E-state index in [1.54, 1.807) is 0 Å². The number of nitrogens with zero attached hydrogens (tertiary/aromatic N) is 1. The van der Waals surface area contributed by atoms with Crippen molar-refractivity contribution in [3.05, 3.63) is 63.6 Å². The highest BCUT2D eigenvalue weighted by molar-refractivity contribution is 7.89. The standard InChI is InChI=1S/C16H16Cl2N2O2S/c1-11(2)13-5-3-12(4-6-13)10-19-20-23(21,22)14-7-8-15(17)16(18)9-14/h3-11,20H,1-2H3/b19-10+. The highest BCUT2D eigenvalue weighted by Crippen LogP contribution is 2.24. The second kappa shape index (κ2) is 7.34. The van der Waals surface area contributed by atoms with E-state index in [1.165, 1.54) is 30.0 Å². The van der Waals surface area contributed by atoms with Gasteiger partial charge < -0.3 is 0 Å². The van der Waals surface area contributed by atoms with Gasteiger partial charge in [-0.05, 0) is 35.2 Å². The Morgan fingerprint density at radius 2 is 1.70 bits per heavy atom. The molecule has 0 aliphatic heterocycles. The maximum Gasteiger partial charge on any atom is 0.276 e. The Morgan fingerprint density at radius 3 is 2.26 bits per heavy atom. The third-order valence-electron chi connectivity index (χ3n) is 3.19. The fraction of sp³-hybridized carbons (Fsp3) is 0.188. The molecule has 4 nitrogen and oxygen atoms in total. The van der Waals surface area contributed by atoms with Crippen LogP contribution in [0.1, 0.15) is 30.9 Å². The monoisotopic (exact) mass is 370 g/mol. The van der Waals surface area contributed by atoms with E-state index in [0.29, 0.717) is 10.9 Å². The first-order valence-electron chi connectivity index (χ1n) is 6.89. The number of rotatable bonds is 5. The van der Waals surface area contributed by atoms with E-state index in [-0.39, 0.29) is 9.92 Å². The molecule has 2 rings (SSSR count). The van der Waals surface area contributed by atoms with Crippen molar-refractivity contribution in [2.45, 2.75) is 24.7 Å². The van der Waals surface area contributed by atoms with E-state index in [4.69, 9.17) is 23.2 Å². The molecule has 0 saturated carbocycles. The van der Waals surface area contributed by atoms with Crippen LogP contribution in [0.2, 0.25) is 10.0 Å². The topological polar surface area (TPSA) is 58.5 Å². The molecule has 0 fully saturated rings. The van der Waals surface area contributed by atoms with Gasteiger partial charge in [0, 0.05) is 0 Å². The molecular formula is C16H16Cl2N2O2S. The zero-order valence-electron chi connectivity index (χ0n) is 12.6. The quantitative estimate of drug-likeness (QED) is 0.624. The van der Waals surface area contributed by atoms with Crippen molar-refractivity contribution in [1.82, 2.24) is 4.83 Å². The minimum atomic E-state index is -3.78. The molecule has 0 aliphatic carbocycles. The number of halogens is 2. The highest BCUT2D eigenvalue weighted by atomic mass is 35.5. The summed E-state index contributed by atoms with van der Waals surface area (Å²) >= 11 is 11.6. The van der Waals surface area contributed by atoms with Crippen molar-refractivity contribution in [3.63, 3.8) is 0 Å². The van der Waals surface area contributed by atoms with E-state index >= 15 is 0 Å². The molecule has 0 saturated heterocycles. The molecule has 0 aromatic heterocycles. The van der Waals surface area contributed by atoms with E-state index < -0.39 is 10.0 Å². The van der Waals surface area contributed by atoms with Gasteiger partial charge in [0.15, 0.2) is 0 Å². The Bertz CT molecular complexity index is 816. The van der Waals surface area contributed by atoms with E-state index in [1.807, 2.05) is 24.3 Å². The summed E-state index contributed by atoms with van der Waals surface area (Å²) in [6.45, 7) is 4.21. The van der Waals surface area contributed by atoms with Crippen molar-refractivity contribution in [2.24, 2.45) is 5.10 Å². The molecule has 23 heavy (non-hydrogen) atoms. The molecule has 0 heterocycles. The Morgan fingerprint density at radius 1 is 1.04 bits per heavy atom. The molecule has 0 atom stereocenters. The predicted molar refractivity (Wildman–Crippen MR) is 94.9 cm³/mol. The second-order valence-corrected chi connectivity index (χ2v) is 7.73. The lowest BCUT2D eigenvalue weighted by Gasteiger charge is -2.05. The van der Waals surface area contributed by atoms with Crippen LogP contribution in [0.4, 0.5) is 0 Å².